The van der Waals surface area contributed by atoms with E-state index in [9.17, 15) is 4.79 Å². The number of aromatic amines is 1. The molecule has 14 heavy (non-hydrogen) atoms. The number of hydrogen-bond acceptors (Lipinski definition) is 4. The Morgan fingerprint density at radius 1 is 1.57 bits per heavy atom. The van der Waals surface area contributed by atoms with Crippen LogP contribution < -0.4 is 0 Å². The van der Waals surface area contributed by atoms with Gasteiger partial charge in [0.25, 0.3) is 0 Å². The molecular weight excluding hydrogens is 182 g/mol. The summed E-state index contributed by atoms with van der Waals surface area (Å²) in [4.78, 5) is 15.2. The maximum Gasteiger partial charge on any atom is 0.339 e. The van der Waals surface area contributed by atoms with Crippen LogP contribution in [0.1, 0.15) is 16.1 Å². The van der Waals surface area contributed by atoms with Gasteiger partial charge in [0.1, 0.15) is 0 Å². The number of pyridine rings is 1. The first-order valence-electron chi connectivity index (χ1n) is 4.11. The Morgan fingerprint density at radius 3 is 3.07 bits per heavy atom. The Kier molecular flexibility index (Phi) is 1.92. The van der Waals surface area contributed by atoms with Crippen LogP contribution in [0.2, 0.25) is 0 Å². The van der Waals surface area contributed by atoms with E-state index in [0.717, 1.165) is 11.1 Å². The number of aromatic nitrogens is 3. The zero-order valence-electron chi connectivity index (χ0n) is 7.87. The van der Waals surface area contributed by atoms with Crippen LogP contribution in [0.3, 0.4) is 0 Å². The van der Waals surface area contributed by atoms with Crippen LogP contribution in [0.15, 0.2) is 12.3 Å². The van der Waals surface area contributed by atoms with E-state index in [4.69, 9.17) is 0 Å². The predicted octanol–water partition coefficient (Wildman–Crippen LogP) is 1.05. The van der Waals surface area contributed by atoms with Gasteiger partial charge in [-0.25, -0.2) is 9.78 Å². The van der Waals surface area contributed by atoms with Crippen molar-refractivity contribution < 1.29 is 9.53 Å². The van der Waals surface area contributed by atoms with Crippen LogP contribution in [0, 0.1) is 6.92 Å². The molecule has 0 unspecified atom stereocenters. The van der Waals surface area contributed by atoms with Gasteiger partial charge in [-0.15, -0.1) is 0 Å². The summed E-state index contributed by atoms with van der Waals surface area (Å²) in [5.41, 5.74) is 1.93. The summed E-state index contributed by atoms with van der Waals surface area (Å²) in [6.07, 6.45) is 1.46. The molecule has 0 saturated carbocycles. The van der Waals surface area contributed by atoms with E-state index in [1.807, 2.05) is 6.92 Å². The van der Waals surface area contributed by atoms with Gasteiger partial charge < -0.3 is 4.74 Å². The zero-order valence-corrected chi connectivity index (χ0v) is 7.87. The highest BCUT2D eigenvalue weighted by molar-refractivity contribution is 5.93. The molecule has 0 bridgehead atoms. The lowest BCUT2D eigenvalue weighted by atomic mass is 10.2. The Bertz CT molecular complexity index is 490. The van der Waals surface area contributed by atoms with Gasteiger partial charge in [0.2, 0.25) is 0 Å². The molecule has 0 spiro atoms. The first kappa shape index (κ1) is 8.68. The monoisotopic (exact) mass is 191 g/mol. The summed E-state index contributed by atoms with van der Waals surface area (Å²) < 4.78 is 4.59. The molecule has 0 saturated heterocycles. The second-order valence-electron chi connectivity index (χ2n) is 2.92. The number of aryl methyl sites for hydroxylation is 1. The molecule has 2 aromatic rings. The summed E-state index contributed by atoms with van der Waals surface area (Å²) in [6, 6.07) is 1.72. The number of nitrogens with one attached hydrogen (secondary N) is 1. The minimum Gasteiger partial charge on any atom is -0.465 e. The molecule has 0 aromatic carbocycles. The first-order chi connectivity index (χ1) is 6.72. The Hall–Kier alpha value is -1.91. The number of carbonyl (C=O) groups excluding carboxylic acids is 1. The van der Waals surface area contributed by atoms with Gasteiger partial charge in [0.15, 0.2) is 5.65 Å². The fraction of sp³-hybridized carbons (Fsp3) is 0.222. The Balaban J connectivity index is 2.60. The lowest BCUT2D eigenvalue weighted by molar-refractivity contribution is 0.0600. The summed E-state index contributed by atoms with van der Waals surface area (Å²) in [6.45, 7) is 1.85. The first-order valence-corrected chi connectivity index (χ1v) is 4.11. The highest BCUT2D eigenvalue weighted by Gasteiger charge is 2.09. The maximum atomic E-state index is 11.2. The number of fused-ring (bicyclic) bond motifs is 1. The minimum absolute atomic E-state index is 0.389. The number of nitrogens with zero attached hydrogens (tertiary/aromatic N) is 2. The zero-order chi connectivity index (χ0) is 10.1. The number of esters is 1. The van der Waals surface area contributed by atoms with Crippen LogP contribution in [0.5, 0.6) is 0 Å². The van der Waals surface area contributed by atoms with Gasteiger partial charge in [0.05, 0.1) is 18.4 Å². The smallest absolute Gasteiger partial charge is 0.339 e. The van der Waals surface area contributed by atoms with Crippen LogP contribution in [0.4, 0.5) is 0 Å². The summed E-state index contributed by atoms with van der Waals surface area (Å²) in [5.74, 6) is -0.389. The molecule has 0 aliphatic rings. The SMILES string of the molecule is COC(=O)c1cnc2[nH]nc(C)c2c1. The van der Waals surface area contributed by atoms with Gasteiger partial charge in [-0.3, -0.25) is 5.10 Å². The second-order valence-corrected chi connectivity index (χ2v) is 2.92. The number of rotatable bonds is 1. The van der Waals surface area contributed by atoms with Gasteiger partial charge in [-0.1, -0.05) is 0 Å². The Morgan fingerprint density at radius 2 is 2.36 bits per heavy atom. The molecule has 0 radical (unpaired) electrons. The molecule has 5 nitrogen and oxygen atoms in total. The van der Waals surface area contributed by atoms with Crippen molar-refractivity contribution in [2.75, 3.05) is 7.11 Å². The predicted molar refractivity (Wildman–Crippen MR) is 50.0 cm³/mol. The lowest BCUT2D eigenvalue weighted by Crippen LogP contribution is -2.01. The fourth-order valence-corrected chi connectivity index (χ4v) is 1.26. The summed E-state index contributed by atoms with van der Waals surface area (Å²) in [7, 11) is 1.34. The van der Waals surface area contributed by atoms with Crippen molar-refractivity contribution in [3.05, 3.63) is 23.5 Å². The molecular formula is C9H9N3O2. The lowest BCUT2D eigenvalue weighted by Gasteiger charge is -1.97. The minimum atomic E-state index is -0.389. The van der Waals surface area contributed by atoms with Crippen molar-refractivity contribution in [1.82, 2.24) is 15.2 Å². The van der Waals surface area contributed by atoms with Gasteiger partial charge >= 0.3 is 5.97 Å². The van der Waals surface area contributed by atoms with Gasteiger partial charge in [-0.05, 0) is 13.0 Å². The highest BCUT2D eigenvalue weighted by atomic mass is 16.5. The normalized spacial score (nSPS) is 10.4. The summed E-state index contributed by atoms with van der Waals surface area (Å²) in [5, 5.41) is 7.58. The van der Waals surface area contributed by atoms with Crippen LogP contribution in [0.25, 0.3) is 11.0 Å². The van der Waals surface area contributed by atoms with Crippen molar-refractivity contribution in [2.24, 2.45) is 0 Å². The quantitative estimate of drug-likeness (QED) is 0.684. The molecule has 1 N–H and O–H groups in total. The average molecular weight is 191 g/mol. The standard InChI is InChI=1S/C9H9N3O2/c1-5-7-3-6(9(13)14-2)4-10-8(7)12-11-5/h3-4H,1-2H3,(H,10,11,12). The van der Waals surface area contributed by atoms with E-state index >= 15 is 0 Å². The third-order valence-corrected chi connectivity index (χ3v) is 2.03. The molecule has 2 heterocycles. The third kappa shape index (κ3) is 1.22. The largest absolute Gasteiger partial charge is 0.465 e. The maximum absolute atomic E-state index is 11.2. The number of ether oxygens (including phenoxy) is 1. The van der Waals surface area contributed by atoms with Crippen molar-refractivity contribution >= 4 is 17.0 Å². The third-order valence-electron chi connectivity index (χ3n) is 2.03. The van der Waals surface area contributed by atoms with E-state index in [1.165, 1.54) is 13.3 Å². The fourth-order valence-electron chi connectivity index (χ4n) is 1.26. The van der Waals surface area contributed by atoms with E-state index < -0.39 is 0 Å². The Labute approximate surface area is 80.1 Å². The van der Waals surface area contributed by atoms with Crippen molar-refractivity contribution in [1.29, 1.82) is 0 Å². The van der Waals surface area contributed by atoms with Crippen LogP contribution >= 0.6 is 0 Å². The molecule has 0 aliphatic heterocycles. The van der Waals surface area contributed by atoms with E-state index in [1.54, 1.807) is 6.07 Å². The number of carbonyl (C=O) groups is 1. The molecule has 0 fully saturated rings. The van der Waals surface area contributed by atoms with Crippen LogP contribution in [-0.4, -0.2) is 28.3 Å². The van der Waals surface area contributed by atoms with Gasteiger partial charge in [0, 0.05) is 11.6 Å². The van der Waals surface area contributed by atoms with Crippen molar-refractivity contribution in [3.63, 3.8) is 0 Å². The molecule has 0 atom stereocenters. The van der Waals surface area contributed by atoms with E-state index in [-0.39, 0.29) is 5.97 Å². The number of H-pyrrole nitrogens is 1. The van der Waals surface area contributed by atoms with Crippen LogP contribution in [-0.2, 0) is 4.74 Å². The number of methoxy groups -OCH3 is 1. The number of hydrogen-bond donors (Lipinski definition) is 1. The van der Waals surface area contributed by atoms with E-state index in [2.05, 4.69) is 19.9 Å². The average Bonchev–Trinajstić information content (AvgIpc) is 2.59. The topological polar surface area (TPSA) is 67.9 Å². The van der Waals surface area contributed by atoms with Gasteiger partial charge in [-0.2, -0.15) is 5.10 Å². The van der Waals surface area contributed by atoms with Crippen molar-refractivity contribution in [3.8, 4) is 0 Å². The molecule has 2 rings (SSSR count). The van der Waals surface area contributed by atoms with Crippen molar-refractivity contribution in [2.45, 2.75) is 6.92 Å². The highest BCUT2D eigenvalue weighted by Crippen LogP contribution is 2.14. The second kappa shape index (κ2) is 3.10. The molecule has 72 valence electrons. The van der Waals surface area contributed by atoms with E-state index in [0.29, 0.717) is 11.2 Å². The molecule has 0 aliphatic carbocycles. The molecule has 0 amide bonds. The summed E-state index contributed by atoms with van der Waals surface area (Å²) >= 11 is 0. The molecule has 5 heteroatoms. The molecule has 2 aromatic heterocycles.